The van der Waals surface area contributed by atoms with Gasteiger partial charge in [-0.3, -0.25) is 9.36 Å². The largest absolute Gasteiger partial charge is 0.756 e. The van der Waals surface area contributed by atoms with E-state index in [9.17, 15) is 19.4 Å². The predicted octanol–water partition coefficient (Wildman–Crippen LogP) is 8.72. The summed E-state index contributed by atoms with van der Waals surface area (Å²) in [5, 5.41) is 13.6. The third-order valence-electron chi connectivity index (χ3n) is 7.79. The Balaban J connectivity index is 4.64. The highest BCUT2D eigenvalue weighted by Gasteiger charge is 2.23. The van der Waals surface area contributed by atoms with Crippen LogP contribution in [-0.4, -0.2) is 68.5 Å². The van der Waals surface area contributed by atoms with Crippen molar-refractivity contribution in [3.05, 3.63) is 48.6 Å². The number of hydrogen-bond donors (Lipinski definition) is 2. The molecule has 274 valence electrons. The van der Waals surface area contributed by atoms with Gasteiger partial charge in [-0.1, -0.05) is 127 Å². The van der Waals surface area contributed by atoms with Gasteiger partial charge in [-0.2, -0.15) is 0 Å². The number of nitrogens with zero attached hydrogens (tertiary/aromatic N) is 1. The van der Waals surface area contributed by atoms with Gasteiger partial charge in [-0.05, 0) is 51.4 Å². The molecule has 0 heterocycles. The summed E-state index contributed by atoms with van der Waals surface area (Å²) in [6.45, 7) is 4.46. The molecule has 0 saturated heterocycles. The Bertz CT molecular complexity index is 912. The first-order chi connectivity index (χ1) is 22.5. The number of allylic oxidation sites excluding steroid dienone is 7. The molecular weight excluding hydrogens is 611 g/mol. The number of phosphoric acid groups is 1. The topological polar surface area (TPSA) is 108 Å². The van der Waals surface area contributed by atoms with E-state index in [1.807, 2.05) is 27.2 Å². The maximum absolute atomic E-state index is 12.7. The van der Waals surface area contributed by atoms with E-state index in [0.29, 0.717) is 17.4 Å². The minimum atomic E-state index is -4.59. The molecule has 9 heteroatoms. The third-order valence-corrected chi connectivity index (χ3v) is 8.76. The maximum atomic E-state index is 12.7. The van der Waals surface area contributed by atoms with E-state index in [-0.39, 0.29) is 12.5 Å². The van der Waals surface area contributed by atoms with Crippen molar-refractivity contribution < 1.29 is 32.9 Å². The summed E-state index contributed by atoms with van der Waals surface area (Å²) in [4.78, 5) is 25.1. The summed E-state index contributed by atoms with van der Waals surface area (Å²) in [5.74, 6) is -0.231. The lowest BCUT2D eigenvalue weighted by atomic mass is 10.1. The van der Waals surface area contributed by atoms with Crippen molar-refractivity contribution in [3.8, 4) is 0 Å². The zero-order valence-electron chi connectivity index (χ0n) is 30.7. The Labute approximate surface area is 289 Å². The lowest BCUT2D eigenvalue weighted by Gasteiger charge is -2.29. The van der Waals surface area contributed by atoms with Gasteiger partial charge in [0.15, 0.2) is 0 Å². The van der Waals surface area contributed by atoms with Crippen molar-refractivity contribution in [1.82, 2.24) is 5.32 Å². The van der Waals surface area contributed by atoms with Gasteiger partial charge in [0.05, 0.1) is 39.9 Å². The smallest absolute Gasteiger partial charge is 0.268 e. The van der Waals surface area contributed by atoms with Crippen molar-refractivity contribution in [2.24, 2.45) is 0 Å². The van der Waals surface area contributed by atoms with Crippen LogP contribution >= 0.6 is 7.82 Å². The Morgan fingerprint density at radius 1 is 0.766 bits per heavy atom. The van der Waals surface area contributed by atoms with E-state index in [4.69, 9.17) is 9.05 Å². The summed E-state index contributed by atoms with van der Waals surface area (Å²) in [6, 6.07) is -0.899. The van der Waals surface area contributed by atoms with Crippen molar-refractivity contribution in [1.29, 1.82) is 0 Å². The fraction of sp³-hybridized carbons (Fsp3) is 0.763. The summed E-state index contributed by atoms with van der Waals surface area (Å²) >= 11 is 0. The maximum Gasteiger partial charge on any atom is 0.268 e. The first kappa shape index (κ1) is 45.5. The van der Waals surface area contributed by atoms with E-state index < -0.39 is 26.6 Å². The van der Waals surface area contributed by atoms with Crippen LogP contribution in [0, 0.1) is 0 Å². The van der Waals surface area contributed by atoms with Crippen LogP contribution in [0.15, 0.2) is 48.6 Å². The molecule has 3 atom stereocenters. The van der Waals surface area contributed by atoms with Crippen LogP contribution in [0.1, 0.15) is 136 Å². The standard InChI is InChI=1S/C38H71N2O6P/c1-6-8-10-12-14-16-18-20-22-24-26-28-30-32-38(42)39-36(35-46-47(43,44)45-34-33-40(3,4)5)37(41)31-29-27-25-23-21-19-17-15-13-11-9-7-2/h8,10,14,16,20,22,29,31,36-37,41H,6-7,9,11-13,15,17-19,21,23-28,30,32-35H2,1-5H3,(H-,39,42,43,44)/b10-8-,16-14-,22-20-,31-29+. The average Bonchev–Trinajstić information content (AvgIpc) is 3.01. The number of hydrogen-bond acceptors (Lipinski definition) is 6. The number of quaternary nitrogens is 1. The van der Waals surface area contributed by atoms with Gasteiger partial charge in [0.2, 0.25) is 5.91 Å². The van der Waals surface area contributed by atoms with Crippen LogP contribution in [0.3, 0.4) is 0 Å². The second-order valence-electron chi connectivity index (χ2n) is 13.5. The summed E-state index contributed by atoms with van der Waals surface area (Å²) in [5.41, 5.74) is 0. The summed E-state index contributed by atoms with van der Waals surface area (Å²) in [7, 11) is 1.23. The fourth-order valence-corrected chi connectivity index (χ4v) is 5.53. The van der Waals surface area contributed by atoms with Gasteiger partial charge >= 0.3 is 0 Å². The normalized spacial score (nSPS) is 15.3. The molecule has 0 aliphatic rings. The molecule has 0 radical (unpaired) electrons. The molecule has 1 amide bonds. The molecule has 8 nitrogen and oxygen atoms in total. The summed E-state index contributed by atoms with van der Waals surface area (Å²) in [6.07, 6.45) is 35.8. The Morgan fingerprint density at radius 3 is 1.89 bits per heavy atom. The van der Waals surface area contributed by atoms with Crippen molar-refractivity contribution in [2.75, 3.05) is 40.9 Å². The number of carbonyl (C=O) groups excluding carboxylic acids is 1. The lowest BCUT2D eigenvalue weighted by molar-refractivity contribution is -0.870. The number of amides is 1. The van der Waals surface area contributed by atoms with Gasteiger partial charge in [-0.25, -0.2) is 0 Å². The monoisotopic (exact) mass is 683 g/mol. The Morgan fingerprint density at radius 2 is 1.30 bits per heavy atom. The first-order valence-corrected chi connectivity index (χ1v) is 20.0. The second-order valence-corrected chi connectivity index (χ2v) is 15.0. The molecule has 0 saturated carbocycles. The predicted molar refractivity (Wildman–Crippen MR) is 196 cm³/mol. The van der Waals surface area contributed by atoms with Gasteiger partial charge < -0.3 is 28.8 Å². The van der Waals surface area contributed by atoms with E-state index in [1.165, 1.54) is 51.4 Å². The molecule has 3 unspecified atom stereocenters. The molecule has 0 aliphatic heterocycles. The van der Waals surface area contributed by atoms with Crippen LogP contribution in [0.2, 0.25) is 0 Å². The molecule has 0 aliphatic carbocycles. The van der Waals surface area contributed by atoms with Crippen LogP contribution in [0.25, 0.3) is 0 Å². The van der Waals surface area contributed by atoms with Crippen molar-refractivity contribution >= 4 is 13.7 Å². The Kier molecular flexibility index (Phi) is 29.5. The number of phosphoric ester groups is 1. The van der Waals surface area contributed by atoms with E-state index in [0.717, 1.165) is 64.2 Å². The van der Waals surface area contributed by atoms with Crippen LogP contribution in [-0.2, 0) is 18.4 Å². The second kappa shape index (κ2) is 30.5. The quantitative estimate of drug-likeness (QED) is 0.0318. The number of aliphatic hydroxyl groups is 1. The molecule has 0 spiro atoms. The van der Waals surface area contributed by atoms with Gasteiger partial charge in [0, 0.05) is 6.42 Å². The van der Waals surface area contributed by atoms with Gasteiger partial charge in [0.1, 0.15) is 13.2 Å². The first-order valence-electron chi connectivity index (χ1n) is 18.5. The molecule has 0 aromatic carbocycles. The number of carbonyl (C=O) groups is 1. The molecule has 0 aromatic heterocycles. The number of unbranched alkanes of at least 4 members (excludes halogenated alkanes) is 13. The number of rotatable bonds is 32. The molecular formula is C38H71N2O6P. The SMILES string of the molecule is CC/C=C\C/C=C\C/C=C\CCCCCC(=O)NC(COP(=O)([O-])OCC[N+](C)(C)C)C(O)/C=C/CCCCCCCCCCCC. The van der Waals surface area contributed by atoms with E-state index in [2.05, 4.69) is 55.6 Å². The highest BCUT2D eigenvalue weighted by atomic mass is 31.2. The molecule has 0 fully saturated rings. The zero-order chi connectivity index (χ0) is 35.1. The highest BCUT2D eigenvalue weighted by molar-refractivity contribution is 7.45. The number of likely N-dealkylation sites (N-methyl/N-ethyl adjacent to an activating group) is 1. The van der Waals surface area contributed by atoms with E-state index >= 15 is 0 Å². The minimum absolute atomic E-state index is 0.00878. The summed E-state index contributed by atoms with van der Waals surface area (Å²) < 4.78 is 23.0. The lowest BCUT2D eigenvalue weighted by Crippen LogP contribution is -2.45. The van der Waals surface area contributed by atoms with Crippen LogP contribution in [0.4, 0.5) is 0 Å². The molecule has 47 heavy (non-hydrogen) atoms. The molecule has 0 aromatic rings. The minimum Gasteiger partial charge on any atom is -0.756 e. The number of nitrogens with one attached hydrogen (secondary N) is 1. The van der Waals surface area contributed by atoms with Gasteiger partial charge in [0.25, 0.3) is 7.82 Å². The van der Waals surface area contributed by atoms with Crippen molar-refractivity contribution in [3.63, 3.8) is 0 Å². The highest BCUT2D eigenvalue weighted by Crippen LogP contribution is 2.38. The van der Waals surface area contributed by atoms with Crippen molar-refractivity contribution in [2.45, 2.75) is 148 Å². The molecule has 0 rings (SSSR count). The fourth-order valence-electron chi connectivity index (χ4n) is 4.81. The third kappa shape index (κ3) is 32.8. The van der Waals surface area contributed by atoms with E-state index in [1.54, 1.807) is 6.08 Å². The average molecular weight is 683 g/mol. The van der Waals surface area contributed by atoms with Crippen LogP contribution in [0.5, 0.6) is 0 Å². The van der Waals surface area contributed by atoms with Crippen LogP contribution < -0.4 is 10.2 Å². The zero-order valence-corrected chi connectivity index (χ0v) is 31.6. The van der Waals surface area contributed by atoms with Gasteiger partial charge in [-0.15, -0.1) is 0 Å². The molecule has 2 N–H and O–H groups in total. The molecule has 0 bridgehead atoms. The number of aliphatic hydroxyl groups excluding tert-OH is 1. The Hall–Kier alpha value is -1.54.